The zero-order valence-corrected chi connectivity index (χ0v) is 10.0. The molecule has 0 saturated carbocycles. The number of hydrogen-bond acceptors (Lipinski definition) is 4. The van der Waals surface area contributed by atoms with Crippen LogP contribution in [0.2, 0.25) is 0 Å². The van der Waals surface area contributed by atoms with E-state index >= 15 is 0 Å². The van der Waals surface area contributed by atoms with Gasteiger partial charge in [-0.3, -0.25) is 0 Å². The lowest BCUT2D eigenvalue weighted by molar-refractivity contribution is -0.168. The lowest BCUT2D eigenvalue weighted by atomic mass is 10.2. The fourth-order valence-corrected chi connectivity index (χ4v) is 1.91. The van der Waals surface area contributed by atoms with Crippen LogP contribution in [0.1, 0.15) is 13.8 Å². The first-order valence-electron chi connectivity index (χ1n) is 3.99. The second kappa shape index (κ2) is 4.10. The molecule has 0 aromatic rings. The molecule has 76 valence electrons. The van der Waals surface area contributed by atoms with Crippen molar-refractivity contribution in [2.24, 2.45) is 0 Å². The van der Waals surface area contributed by atoms with Gasteiger partial charge in [0.15, 0.2) is 11.9 Å². The predicted molar refractivity (Wildman–Crippen MR) is 54.7 cm³/mol. The van der Waals surface area contributed by atoms with Crippen LogP contribution in [-0.2, 0) is 19.0 Å². The van der Waals surface area contributed by atoms with Crippen LogP contribution < -0.4 is 0 Å². The summed E-state index contributed by atoms with van der Waals surface area (Å²) in [5.41, 5.74) is 0. The third kappa shape index (κ3) is 2.54. The molecule has 1 fully saturated rings. The third-order valence-electron chi connectivity index (χ3n) is 1.77. The molecule has 1 heterocycles. The molecule has 1 rings (SSSR count). The standard InChI is InChI=1S/C8H13IO4/c1-8(2)12-5(4-9)6(13-8)7(10)11-3/h5-6H,4H2,1-3H3/t5-,6+/m0/s1. The largest absolute Gasteiger partial charge is 0.467 e. The molecule has 0 unspecified atom stereocenters. The molecule has 0 radical (unpaired) electrons. The number of methoxy groups -OCH3 is 1. The maximum absolute atomic E-state index is 11.2. The fourth-order valence-electron chi connectivity index (χ4n) is 1.26. The Morgan fingerprint density at radius 1 is 1.54 bits per heavy atom. The van der Waals surface area contributed by atoms with Crippen molar-refractivity contribution in [2.45, 2.75) is 31.8 Å². The van der Waals surface area contributed by atoms with Crippen LogP contribution in [0.5, 0.6) is 0 Å². The van der Waals surface area contributed by atoms with Gasteiger partial charge in [-0.15, -0.1) is 0 Å². The predicted octanol–water partition coefficient (Wildman–Crippen LogP) is 1.11. The number of carbonyl (C=O) groups is 1. The van der Waals surface area contributed by atoms with E-state index in [1.165, 1.54) is 7.11 Å². The Morgan fingerprint density at radius 2 is 2.15 bits per heavy atom. The van der Waals surface area contributed by atoms with Crippen molar-refractivity contribution < 1.29 is 19.0 Å². The van der Waals surface area contributed by atoms with Crippen LogP contribution in [-0.4, -0.2) is 35.5 Å². The summed E-state index contributed by atoms with van der Waals surface area (Å²) in [6.07, 6.45) is -0.792. The molecule has 0 bridgehead atoms. The first-order valence-corrected chi connectivity index (χ1v) is 5.52. The highest BCUT2D eigenvalue weighted by molar-refractivity contribution is 14.1. The Kier molecular flexibility index (Phi) is 3.53. The molecule has 13 heavy (non-hydrogen) atoms. The smallest absolute Gasteiger partial charge is 0.337 e. The minimum atomic E-state index is -0.686. The summed E-state index contributed by atoms with van der Waals surface area (Å²) in [6, 6.07) is 0. The van der Waals surface area contributed by atoms with Crippen molar-refractivity contribution >= 4 is 28.6 Å². The zero-order valence-electron chi connectivity index (χ0n) is 7.87. The highest BCUT2D eigenvalue weighted by Gasteiger charge is 2.45. The monoisotopic (exact) mass is 300 g/mol. The van der Waals surface area contributed by atoms with E-state index in [9.17, 15) is 4.79 Å². The summed E-state index contributed by atoms with van der Waals surface area (Å²) < 4.78 is 16.2. The van der Waals surface area contributed by atoms with Crippen molar-refractivity contribution in [3.63, 3.8) is 0 Å². The molecule has 0 aliphatic carbocycles. The Hall–Kier alpha value is 0.120. The molecule has 2 atom stereocenters. The van der Waals surface area contributed by atoms with Gasteiger partial charge in [-0.2, -0.15) is 0 Å². The number of carbonyl (C=O) groups excluding carboxylic acids is 1. The Labute approximate surface area is 91.1 Å². The lowest BCUT2D eigenvalue weighted by Gasteiger charge is -2.15. The number of alkyl halides is 1. The minimum absolute atomic E-state index is 0.206. The van der Waals surface area contributed by atoms with Gasteiger partial charge in [0, 0.05) is 4.43 Å². The van der Waals surface area contributed by atoms with Crippen LogP contribution in [0.15, 0.2) is 0 Å². The van der Waals surface area contributed by atoms with Crippen LogP contribution in [0, 0.1) is 0 Å². The number of esters is 1. The molecule has 1 saturated heterocycles. The highest BCUT2D eigenvalue weighted by atomic mass is 127. The van der Waals surface area contributed by atoms with Gasteiger partial charge in [0.25, 0.3) is 0 Å². The van der Waals surface area contributed by atoms with Crippen molar-refractivity contribution in [2.75, 3.05) is 11.5 Å². The number of rotatable bonds is 2. The maximum Gasteiger partial charge on any atom is 0.337 e. The SMILES string of the molecule is COC(=O)[C@@H]1OC(C)(C)O[C@H]1CI. The minimum Gasteiger partial charge on any atom is -0.467 e. The van der Waals surface area contributed by atoms with E-state index in [1.807, 2.05) is 0 Å². The molecular formula is C8H13IO4. The molecular weight excluding hydrogens is 287 g/mol. The first-order chi connectivity index (χ1) is 6.00. The van der Waals surface area contributed by atoms with Crippen molar-refractivity contribution in [1.29, 1.82) is 0 Å². The van der Waals surface area contributed by atoms with E-state index < -0.39 is 11.9 Å². The Morgan fingerprint density at radius 3 is 2.62 bits per heavy atom. The van der Waals surface area contributed by atoms with Gasteiger partial charge < -0.3 is 14.2 Å². The second-order valence-electron chi connectivity index (χ2n) is 3.27. The molecule has 1 aliphatic rings. The topological polar surface area (TPSA) is 44.8 Å². The van der Waals surface area contributed by atoms with Gasteiger partial charge in [0.1, 0.15) is 6.10 Å². The third-order valence-corrected chi connectivity index (χ3v) is 2.64. The van der Waals surface area contributed by atoms with Gasteiger partial charge in [0.2, 0.25) is 0 Å². The van der Waals surface area contributed by atoms with Crippen molar-refractivity contribution in [3.8, 4) is 0 Å². The summed E-state index contributed by atoms with van der Waals surface area (Å²) in [5, 5.41) is 0. The normalized spacial score (nSPS) is 31.7. The number of hydrogen-bond donors (Lipinski definition) is 0. The van der Waals surface area contributed by atoms with Crippen molar-refractivity contribution in [1.82, 2.24) is 0 Å². The Balaban J connectivity index is 2.69. The van der Waals surface area contributed by atoms with Crippen LogP contribution in [0.3, 0.4) is 0 Å². The first kappa shape index (κ1) is 11.2. The molecule has 0 aromatic heterocycles. The van der Waals surface area contributed by atoms with Gasteiger partial charge in [-0.25, -0.2) is 4.79 Å². The van der Waals surface area contributed by atoms with Crippen LogP contribution in [0.4, 0.5) is 0 Å². The highest BCUT2D eigenvalue weighted by Crippen LogP contribution is 2.29. The summed E-state index contributed by atoms with van der Waals surface area (Å²) in [7, 11) is 1.35. The number of ether oxygens (including phenoxy) is 3. The van der Waals surface area contributed by atoms with E-state index in [0.29, 0.717) is 4.43 Å². The van der Waals surface area contributed by atoms with Gasteiger partial charge in [-0.1, -0.05) is 22.6 Å². The summed E-state index contributed by atoms with van der Waals surface area (Å²) >= 11 is 2.16. The average molecular weight is 300 g/mol. The summed E-state index contributed by atoms with van der Waals surface area (Å²) in [5.74, 6) is -1.05. The summed E-state index contributed by atoms with van der Waals surface area (Å²) in [6.45, 7) is 3.57. The van der Waals surface area contributed by atoms with Gasteiger partial charge in [-0.05, 0) is 13.8 Å². The van der Waals surface area contributed by atoms with E-state index in [0.717, 1.165) is 0 Å². The Bertz CT molecular complexity index is 204. The van der Waals surface area contributed by atoms with Gasteiger partial charge >= 0.3 is 5.97 Å². The van der Waals surface area contributed by atoms with E-state index in [4.69, 9.17) is 9.47 Å². The molecule has 0 spiro atoms. The van der Waals surface area contributed by atoms with E-state index in [2.05, 4.69) is 27.3 Å². The van der Waals surface area contributed by atoms with Crippen molar-refractivity contribution in [3.05, 3.63) is 0 Å². The maximum atomic E-state index is 11.2. The van der Waals surface area contributed by atoms with Crippen LogP contribution >= 0.6 is 22.6 Å². The van der Waals surface area contributed by atoms with E-state index in [1.54, 1.807) is 13.8 Å². The second-order valence-corrected chi connectivity index (χ2v) is 4.15. The molecule has 0 aromatic carbocycles. The van der Waals surface area contributed by atoms with Gasteiger partial charge in [0.05, 0.1) is 7.11 Å². The number of halogens is 1. The zero-order chi connectivity index (χ0) is 10.1. The van der Waals surface area contributed by atoms with Crippen LogP contribution in [0.25, 0.3) is 0 Å². The molecule has 5 heteroatoms. The summed E-state index contributed by atoms with van der Waals surface area (Å²) in [4.78, 5) is 11.2. The fraction of sp³-hybridized carbons (Fsp3) is 0.875. The molecule has 0 amide bonds. The molecule has 1 aliphatic heterocycles. The van der Waals surface area contributed by atoms with E-state index in [-0.39, 0.29) is 12.1 Å². The molecule has 0 N–H and O–H groups in total. The quantitative estimate of drug-likeness (QED) is 0.435. The lowest BCUT2D eigenvalue weighted by Crippen LogP contribution is -2.33. The molecule has 4 nitrogen and oxygen atoms in total. The average Bonchev–Trinajstić information content (AvgIpc) is 2.39.